The molecule has 1 aliphatic heterocycles. The van der Waals surface area contributed by atoms with Gasteiger partial charge < -0.3 is 9.47 Å². The summed E-state index contributed by atoms with van der Waals surface area (Å²) < 4.78 is 12.0. The van der Waals surface area contributed by atoms with Gasteiger partial charge in [-0.1, -0.05) is 23.7 Å². The van der Waals surface area contributed by atoms with Crippen molar-refractivity contribution in [2.24, 2.45) is 0 Å². The zero-order valence-electron chi connectivity index (χ0n) is 16.2. The third-order valence-corrected chi connectivity index (χ3v) is 4.94. The molecule has 2 aromatic carbocycles. The summed E-state index contributed by atoms with van der Waals surface area (Å²) in [7, 11) is 2.99. The summed E-state index contributed by atoms with van der Waals surface area (Å²) in [5.41, 5.74) is 1.15. The van der Waals surface area contributed by atoms with Gasteiger partial charge in [0, 0.05) is 11.1 Å². The van der Waals surface area contributed by atoms with Crippen LogP contribution in [-0.2, 0) is 4.79 Å². The lowest BCUT2D eigenvalue weighted by molar-refractivity contribution is -0.117. The van der Waals surface area contributed by atoms with E-state index in [1.807, 2.05) is 12.1 Å². The van der Waals surface area contributed by atoms with Gasteiger partial charge in [-0.05, 0) is 29.8 Å². The highest BCUT2D eigenvalue weighted by molar-refractivity contribution is 6.30. The lowest BCUT2D eigenvalue weighted by Gasteiger charge is -2.23. The maximum Gasteiger partial charge on any atom is 0.261 e. The molecule has 0 bridgehead atoms. The molecule has 0 saturated heterocycles. The fourth-order valence-electron chi connectivity index (χ4n) is 3.22. The van der Waals surface area contributed by atoms with Crippen molar-refractivity contribution in [3.05, 3.63) is 58.6 Å². The van der Waals surface area contributed by atoms with Gasteiger partial charge in [0.2, 0.25) is 11.9 Å². The predicted molar refractivity (Wildman–Crippen MR) is 110 cm³/mol. The Balaban J connectivity index is 1.62. The van der Waals surface area contributed by atoms with E-state index in [0.717, 1.165) is 5.56 Å². The van der Waals surface area contributed by atoms with E-state index < -0.39 is 5.91 Å². The van der Waals surface area contributed by atoms with Crippen molar-refractivity contribution in [2.75, 3.05) is 24.9 Å². The Kier molecular flexibility index (Phi) is 5.28. The van der Waals surface area contributed by atoms with Crippen LogP contribution in [0.5, 0.6) is 11.5 Å². The second-order valence-corrected chi connectivity index (χ2v) is 6.98. The van der Waals surface area contributed by atoms with Crippen molar-refractivity contribution < 1.29 is 19.1 Å². The molecule has 30 heavy (non-hydrogen) atoms. The Hall–Kier alpha value is -3.59. The van der Waals surface area contributed by atoms with Gasteiger partial charge in [0.1, 0.15) is 11.5 Å². The van der Waals surface area contributed by atoms with Gasteiger partial charge in [-0.3, -0.25) is 20.2 Å². The lowest BCUT2D eigenvalue weighted by Crippen LogP contribution is -2.29. The zero-order chi connectivity index (χ0) is 21.3. The minimum Gasteiger partial charge on any atom is -0.497 e. The molecule has 4 rings (SSSR count). The Labute approximate surface area is 177 Å². The van der Waals surface area contributed by atoms with E-state index in [9.17, 15) is 9.59 Å². The number of methoxy groups -OCH3 is 2. The van der Waals surface area contributed by atoms with Gasteiger partial charge >= 0.3 is 0 Å². The standard InChI is InChI=1S/C20H18ClN5O4/c1-29-13-7-8-14(16(9-13)30-2)18(28)23-19-24-20-22-17(27)10-15(26(20)25-19)11-3-5-12(21)6-4-11/h3-9,15H,10H2,1-2H3,(H2,22,23,24,25,27,28)/t15-/m1/s1. The molecule has 154 valence electrons. The number of carbonyl (C=O) groups is 2. The van der Waals surface area contributed by atoms with Gasteiger partial charge in [-0.25, -0.2) is 4.68 Å². The molecule has 9 nitrogen and oxygen atoms in total. The van der Waals surface area contributed by atoms with Crippen LogP contribution in [0, 0.1) is 0 Å². The molecule has 0 radical (unpaired) electrons. The summed E-state index contributed by atoms with van der Waals surface area (Å²) in [5.74, 6) is 0.587. The highest BCUT2D eigenvalue weighted by Crippen LogP contribution is 2.31. The number of benzene rings is 2. The molecule has 0 spiro atoms. The Morgan fingerprint density at radius 3 is 2.67 bits per heavy atom. The van der Waals surface area contributed by atoms with Crippen molar-refractivity contribution in [2.45, 2.75) is 12.5 Å². The van der Waals surface area contributed by atoms with E-state index in [2.05, 4.69) is 20.7 Å². The van der Waals surface area contributed by atoms with Crippen LogP contribution in [0.4, 0.5) is 11.9 Å². The van der Waals surface area contributed by atoms with E-state index in [-0.39, 0.29) is 30.3 Å². The normalized spacial score (nSPS) is 15.2. The number of anilines is 2. The first-order valence-electron chi connectivity index (χ1n) is 9.03. The molecule has 1 atom stereocenters. The monoisotopic (exact) mass is 427 g/mol. The maximum absolute atomic E-state index is 12.7. The van der Waals surface area contributed by atoms with Crippen LogP contribution in [0.25, 0.3) is 0 Å². The molecule has 2 heterocycles. The van der Waals surface area contributed by atoms with Crippen LogP contribution >= 0.6 is 11.6 Å². The maximum atomic E-state index is 12.7. The number of carbonyl (C=O) groups excluding carboxylic acids is 2. The molecule has 2 N–H and O–H groups in total. The minimum absolute atomic E-state index is 0.0639. The fourth-order valence-corrected chi connectivity index (χ4v) is 3.34. The zero-order valence-corrected chi connectivity index (χ0v) is 16.9. The number of nitrogens with zero attached hydrogens (tertiary/aromatic N) is 3. The first kappa shape index (κ1) is 19.7. The van der Waals surface area contributed by atoms with Crippen LogP contribution in [0.1, 0.15) is 28.4 Å². The average Bonchev–Trinajstić information content (AvgIpc) is 3.15. The summed E-state index contributed by atoms with van der Waals surface area (Å²) in [5, 5.41) is 10.3. The van der Waals surface area contributed by atoms with Crippen molar-refractivity contribution in [3.8, 4) is 11.5 Å². The number of amides is 2. The summed E-state index contributed by atoms with van der Waals surface area (Å²) in [6, 6.07) is 11.6. The smallest absolute Gasteiger partial charge is 0.261 e. The van der Waals surface area contributed by atoms with Gasteiger partial charge in [0.15, 0.2) is 0 Å². The molecule has 10 heteroatoms. The van der Waals surface area contributed by atoms with Crippen LogP contribution in [-0.4, -0.2) is 40.8 Å². The molecule has 0 saturated carbocycles. The molecule has 2 amide bonds. The van der Waals surface area contributed by atoms with Crippen LogP contribution in [0.15, 0.2) is 42.5 Å². The second-order valence-electron chi connectivity index (χ2n) is 6.54. The quantitative estimate of drug-likeness (QED) is 0.647. The summed E-state index contributed by atoms with van der Waals surface area (Å²) >= 11 is 5.96. The SMILES string of the molecule is COc1ccc(C(=O)Nc2nc3n(n2)[C@@H](c2ccc(Cl)cc2)CC(=O)N3)c(OC)c1. The molecule has 1 aromatic heterocycles. The van der Waals surface area contributed by atoms with Crippen LogP contribution in [0.3, 0.4) is 0 Å². The van der Waals surface area contributed by atoms with Gasteiger partial charge in [0.25, 0.3) is 11.9 Å². The van der Waals surface area contributed by atoms with Crippen molar-refractivity contribution in [1.29, 1.82) is 0 Å². The van der Waals surface area contributed by atoms with Crippen LogP contribution < -0.4 is 20.1 Å². The Morgan fingerprint density at radius 1 is 1.20 bits per heavy atom. The van der Waals surface area contributed by atoms with Gasteiger partial charge in [-0.2, -0.15) is 4.98 Å². The van der Waals surface area contributed by atoms with Crippen molar-refractivity contribution >= 4 is 35.3 Å². The first-order chi connectivity index (χ1) is 14.5. The topological polar surface area (TPSA) is 107 Å². The Morgan fingerprint density at radius 2 is 1.97 bits per heavy atom. The predicted octanol–water partition coefficient (Wildman–Crippen LogP) is 3.13. The number of rotatable bonds is 5. The molecule has 0 unspecified atom stereocenters. The number of hydrogen-bond donors (Lipinski definition) is 2. The third-order valence-electron chi connectivity index (χ3n) is 4.69. The number of ether oxygens (including phenoxy) is 2. The highest BCUT2D eigenvalue weighted by Gasteiger charge is 2.29. The molecular weight excluding hydrogens is 410 g/mol. The van der Waals surface area contributed by atoms with E-state index in [1.165, 1.54) is 14.2 Å². The average molecular weight is 428 g/mol. The molecule has 0 fully saturated rings. The molecule has 0 aliphatic carbocycles. The highest BCUT2D eigenvalue weighted by atomic mass is 35.5. The van der Waals surface area contributed by atoms with Crippen LogP contribution in [0.2, 0.25) is 5.02 Å². The Bertz CT molecular complexity index is 1110. The first-order valence-corrected chi connectivity index (χ1v) is 9.41. The molecule has 1 aliphatic rings. The third kappa shape index (κ3) is 3.79. The summed E-state index contributed by atoms with van der Waals surface area (Å²) in [6.07, 6.45) is 0.192. The van der Waals surface area contributed by atoms with Crippen molar-refractivity contribution in [3.63, 3.8) is 0 Å². The van der Waals surface area contributed by atoms with Gasteiger partial charge in [0.05, 0.1) is 32.2 Å². The number of aromatic nitrogens is 3. The largest absolute Gasteiger partial charge is 0.497 e. The molecule has 3 aromatic rings. The summed E-state index contributed by atoms with van der Waals surface area (Å²) in [4.78, 5) is 29.1. The number of halogens is 1. The lowest BCUT2D eigenvalue weighted by atomic mass is 10.0. The number of hydrogen-bond acceptors (Lipinski definition) is 6. The fraction of sp³-hybridized carbons (Fsp3) is 0.200. The van der Waals surface area contributed by atoms with E-state index in [4.69, 9.17) is 21.1 Å². The summed E-state index contributed by atoms with van der Waals surface area (Å²) in [6.45, 7) is 0. The minimum atomic E-state index is -0.452. The number of fused-ring (bicyclic) bond motifs is 1. The van der Waals surface area contributed by atoms with Gasteiger partial charge in [-0.15, -0.1) is 5.10 Å². The van der Waals surface area contributed by atoms with E-state index in [1.54, 1.807) is 35.0 Å². The van der Waals surface area contributed by atoms with Crippen molar-refractivity contribution in [1.82, 2.24) is 14.8 Å². The van der Waals surface area contributed by atoms with E-state index >= 15 is 0 Å². The van der Waals surface area contributed by atoms with E-state index in [0.29, 0.717) is 22.1 Å². The second kappa shape index (κ2) is 8.03. The molecular formula is C20H18ClN5O4. The number of nitrogens with one attached hydrogen (secondary N) is 2.